The van der Waals surface area contributed by atoms with Crippen molar-refractivity contribution in [3.8, 4) is 10.7 Å². The predicted molar refractivity (Wildman–Crippen MR) is 76.3 cm³/mol. The minimum absolute atomic E-state index is 0.679. The fourth-order valence-electron chi connectivity index (χ4n) is 2.51. The van der Waals surface area contributed by atoms with Crippen LogP contribution in [0.5, 0.6) is 0 Å². The molecule has 0 aliphatic carbocycles. The first-order chi connectivity index (χ1) is 8.74. The molecule has 1 N–H and O–H groups in total. The fourth-order valence-corrected chi connectivity index (χ4v) is 3.44. The molecular formula is C12H16N4S2. The van der Waals surface area contributed by atoms with Gasteiger partial charge < -0.3 is 4.90 Å². The van der Waals surface area contributed by atoms with E-state index in [0.717, 1.165) is 23.7 Å². The number of hydrogen-bond acceptors (Lipinski definition) is 4. The summed E-state index contributed by atoms with van der Waals surface area (Å²) in [6, 6.07) is 4.14. The van der Waals surface area contributed by atoms with Crippen molar-refractivity contribution in [1.29, 1.82) is 0 Å². The van der Waals surface area contributed by atoms with Gasteiger partial charge in [0, 0.05) is 13.1 Å². The molecular weight excluding hydrogens is 264 g/mol. The van der Waals surface area contributed by atoms with Crippen LogP contribution in [0.1, 0.15) is 6.42 Å². The lowest BCUT2D eigenvalue weighted by molar-refractivity contribution is 0.378. The molecule has 0 saturated carbocycles. The number of hydrogen-bond donors (Lipinski definition) is 1. The standard InChI is InChI=1S/C12H16N4S2/c1-15-5-4-9(7-15)8-16-11(13-14-12(16)17)10-3-2-6-18-10/h2-3,6,9H,4-5,7-8H2,1H3,(H,14,17). The second-order valence-electron chi connectivity index (χ2n) is 4.86. The molecule has 1 fully saturated rings. The molecule has 1 saturated heterocycles. The molecule has 0 radical (unpaired) electrons. The van der Waals surface area contributed by atoms with Crippen LogP contribution in [0.3, 0.4) is 0 Å². The van der Waals surface area contributed by atoms with Gasteiger partial charge in [-0.1, -0.05) is 6.07 Å². The van der Waals surface area contributed by atoms with Gasteiger partial charge in [-0.25, -0.2) is 0 Å². The molecule has 4 nitrogen and oxygen atoms in total. The summed E-state index contributed by atoms with van der Waals surface area (Å²) in [5, 5.41) is 9.35. The Balaban J connectivity index is 1.87. The Morgan fingerprint density at radius 2 is 2.50 bits per heavy atom. The molecule has 6 heteroatoms. The molecule has 0 aromatic carbocycles. The molecule has 1 unspecified atom stereocenters. The van der Waals surface area contributed by atoms with E-state index in [1.54, 1.807) is 11.3 Å². The van der Waals surface area contributed by atoms with Crippen molar-refractivity contribution in [2.24, 2.45) is 5.92 Å². The van der Waals surface area contributed by atoms with E-state index in [1.165, 1.54) is 17.8 Å². The second kappa shape index (κ2) is 4.95. The number of aromatic nitrogens is 3. The lowest BCUT2D eigenvalue weighted by atomic mass is 10.1. The smallest absolute Gasteiger partial charge is 0.195 e. The number of rotatable bonds is 3. The number of likely N-dealkylation sites (tertiary alicyclic amines) is 1. The topological polar surface area (TPSA) is 36.9 Å². The van der Waals surface area contributed by atoms with Gasteiger partial charge in [0.15, 0.2) is 10.6 Å². The Kier molecular flexibility index (Phi) is 3.32. The molecule has 1 aliphatic heterocycles. The average molecular weight is 280 g/mol. The van der Waals surface area contributed by atoms with E-state index in [0.29, 0.717) is 5.92 Å². The van der Waals surface area contributed by atoms with Crippen LogP contribution in [0.15, 0.2) is 17.5 Å². The Labute approximate surface area is 115 Å². The van der Waals surface area contributed by atoms with Crippen LogP contribution in [0.2, 0.25) is 0 Å². The quantitative estimate of drug-likeness (QED) is 0.878. The van der Waals surface area contributed by atoms with Gasteiger partial charge in [0.1, 0.15) is 0 Å². The van der Waals surface area contributed by atoms with E-state index in [-0.39, 0.29) is 0 Å². The maximum atomic E-state index is 5.35. The van der Waals surface area contributed by atoms with E-state index < -0.39 is 0 Å². The first kappa shape index (κ1) is 12.1. The summed E-state index contributed by atoms with van der Waals surface area (Å²) in [5.74, 6) is 1.66. The van der Waals surface area contributed by atoms with Gasteiger partial charge in [0.25, 0.3) is 0 Å². The number of nitrogens with zero attached hydrogens (tertiary/aromatic N) is 3. The minimum atomic E-state index is 0.679. The van der Waals surface area contributed by atoms with Gasteiger partial charge >= 0.3 is 0 Å². The maximum Gasteiger partial charge on any atom is 0.195 e. The fraction of sp³-hybridized carbons (Fsp3) is 0.500. The number of thiophene rings is 1. The summed E-state index contributed by atoms with van der Waals surface area (Å²) in [7, 11) is 2.18. The first-order valence-electron chi connectivity index (χ1n) is 6.11. The monoisotopic (exact) mass is 280 g/mol. The lowest BCUT2D eigenvalue weighted by Crippen LogP contribution is -2.17. The maximum absolute atomic E-state index is 5.35. The van der Waals surface area contributed by atoms with E-state index in [1.807, 2.05) is 6.07 Å². The van der Waals surface area contributed by atoms with Crippen molar-refractivity contribution in [2.45, 2.75) is 13.0 Å². The van der Waals surface area contributed by atoms with Gasteiger partial charge in [-0.05, 0) is 49.6 Å². The van der Waals surface area contributed by atoms with E-state index in [2.05, 4.69) is 38.2 Å². The van der Waals surface area contributed by atoms with Gasteiger partial charge in [-0.3, -0.25) is 9.67 Å². The minimum Gasteiger partial charge on any atom is -0.306 e. The Bertz CT molecular complexity index is 569. The van der Waals surface area contributed by atoms with Crippen molar-refractivity contribution in [3.63, 3.8) is 0 Å². The Hall–Kier alpha value is -0.980. The third-order valence-electron chi connectivity index (χ3n) is 3.43. The largest absolute Gasteiger partial charge is 0.306 e. The normalized spacial score (nSPS) is 20.6. The molecule has 2 aromatic heterocycles. The third kappa shape index (κ3) is 2.28. The van der Waals surface area contributed by atoms with Gasteiger partial charge in [0.05, 0.1) is 4.88 Å². The molecule has 0 amide bonds. The molecule has 0 bridgehead atoms. The molecule has 3 rings (SSSR count). The summed E-state index contributed by atoms with van der Waals surface area (Å²) < 4.78 is 2.87. The molecule has 2 aromatic rings. The van der Waals surface area contributed by atoms with Crippen molar-refractivity contribution >= 4 is 23.6 Å². The molecule has 1 atom stereocenters. The number of nitrogens with one attached hydrogen (secondary N) is 1. The highest BCUT2D eigenvalue weighted by molar-refractivity contribution is 7.71. The van der Waals surface area contributed by atoms with Crippen LogP contribution >= 0.6 is 23.6 Å². The van der Waals surface area contributed by atoms with Gasteiger partial charge in [-0.2, -0.15) is 5.10 Å². The molecule has 18 heavy (non-hydrogen) atoms. The molecule has 96 valence electrons. The van der Waals surface area contributed by atoms with Crippen LogP contribution in [0.25, 0.3) is 10.7 Å². The highest BCUT2D eigenvalue weighted by Gasteiger charge is 2.21. The van der Waals surface area contributed by atoms with E-state index >= 15 is 0 Å². The van der Waals surface area contributed by atoms with Crippen molar-refractivity contribution < 1.29 is 0 Å². The highest BCUT2D eigenvalue weighted by atomic mass is 32.1. The van der Waals surface area contributed by atoms with Crippen LogP contribution < -0.4 is 0 Å². The van der Waals surface area contributed by atoms with E-state index in [4.69, 9.17) is 12.2 Å². The highest BCUT2D eigenvalue weighted by Crippen LogP contribution is 2.25. The van der Waals surface area contributed by atoms with Crippen molar-refractivity contribution in [2.75, 3.05) is 20.1 Å². The van der Waals surface area contributed by atoms with E-state index in [9.17, 15) is 0 Å². The van der Waals surface area contributed by atoms with Gasteiger partial charge in [-0.15, -0.1) is 11.3 Å². The predicted octanol–water partition coefficient (Wildman–Crippen LogP) is 2.62. The molecule has 3 heterocycles. The van der Waals surface area contributed by atoms with Crippen molar-refractivity contribution in [1.82, 2.24) is 19.7 Å². The summed E-state index contributed by atoms with van der Waals surface area (Å²) in [6.45, 7) is 3.30. The van der Waals surface area contributed by atoms with Crippen LogP contribution in [0, 0.1) is 10.7 Å². The molecule has 1 aliphatic rings. The Morgan fingerprint density at radius 3 is 3.17 bits per heavy atom. The average Bonchev–Trinajstić information content (AvgIpc) is 3.03. The van der Waals surface area contributed by atoms with Crippen LogP contribution in [-0.4, -0.2) is 39.8 Å². The molecule has 0 spiro atoms. The van der Waals surface area contributed by atoms with Crippen LogP contribution in [-0.2, 0) is 6.54 Å². The summed E-state index contributed by atoms with van der Waals surface area (Å²) in [5.41, 5.74) is 0. The van der Waals surface area contributed by atoms with Crippen LogP contribution in [0.4, 0.5) is 0 Å². The number of aromatic amines is 1. The summed E-state index contributed by atoms with van der Waals surface area (Å²) >= 11 is 7.05. The zero-order valence-electron chi connectivity index (χ0n) is 10.3. The van der Waals surface area contributed by atoms with Crippen molar-refractivity contribution in [3.05, 3.63) is 22.3 Å². The van der Waals surface area contributed by atoms with Gasteiger partial charge in [0.2, 0.25) is 0 Å². The first-order valence-corrected chi connectivity index (χ1v) is 7.40. The Morgan fingerprint density at radius 1 is 1.61 bits per heavy atom. The zero-order chi connectivity index (χ0) is 12.5. The zero-order valence-corrected chi connectivity index (χ0v) is 11.9. The third-order valence-corrected chi connectivity index (χ3v) is 4.61. The number of H-pyrrole nitrogens is 1. The summed E-state index contributed by atoms with van der Waals surface area (Å²) in [4.78, 5) is 3.55. The summed E-state index contributed by atoms with van der Waals surface area (Å²) in [6.07, 6.45) is 1.24. The SMILES string of the molecule is CN1CCC(Cn2c(-c3cccs3)n[nH]c2=S)C1. The lowest BCUT2D eigenvalue weighted by Gasteiger charge is -2.12. The second-order valence-corrected chi connectivity index (χ2v) is 6.19.